The molecule has 4 rings (SSSR count). The number of likely N-dealkylation sites (tertiary alicyclic amines) is 1. The van der Waals surface area contributed by atoms with Crippen LogP contribution in [0.25, 0.3) is 0 Å². The average Bonchev–Trinajstić information content (AvgIpc) is 3.29. The summed E-state index contributed by atoms with van der Waals surface area (Å²) in [5, 5.41) is 0. The minimum atomic E-state index is -0.288. The van der Waals surface area contributed by atoms with Crippen molar-refractivity contribution in [1.29, 1.82) is 0 Å². The van der Waals surface area contributed by atoms with E-state index in [-0.39, 0.29) is 29.4 Å². The van der Waals surface area contributed by atoms with Crippen molar-refractivity contribution < 1.29 is 13.6 Å². The minimum absolute atomic E-state index is 0.0765. The summed E-state index contributed by atoms with van der Waals surface area (Å²) in [7, 11) is 0. The van der Waals surface area contributed by atoms with Crippen molar-refractivity contribution in [3.63, 3.8) is 0 Å². The van der Waals surface area contributed by atoms with Gasteiger partial charge in [-0.2, -0.15) is 0 Å². The number of aromatic nitrogens is 3. The fraction of sp³-hybridized carbons (Fsp3) is 0.300. The summed E-state index contributed by atoms with van der Waals surface area (Å²) >= 11 is 0. The Bertz CT molecular complexity index is 999. The molecule has 8 heteroatoms. The molecule has 7 nitrogen and oxygen atoms in total. The molecule has 1 aliphatic rings. The van der Waals surface area contributed by atoms with Crippen molar-refractivity contribution in [1.82, 2.24) is 19.9 Å². The van der Waals surface area contributed by atoms with Gasteiger partial charge in [0.25, 0.3) is 5.91 Å². The minimum Gasteiger partial charge on any atom is -0.443 e. The van der Waals surface area contributed by atoms with E-state index in [1.165, 1.54) is 12.1 Å². The average molecular weight is 381 g/mol. The van der Waals surface area contributed by atoms with E-state index in [4.69, 9.17) is 10.2 Å². The van der Waals surface area contributed by atoms with E-state index in [0.717, 1.165) is 18.4 Å². The number of amides is 1. The topological polar surface area (TPSA) is 98.1 Å². The van der Waals surface area contributed by atoms with Crippen LogP contribution < -0.4 is 5.73 Å². The van der Waals surface area contributed by atoms with Crippen LogP contribution in [0.1, 0.15) is 52.3 Å². The second-order valence-electron chi connectivity index (χ2n) is 6.88. The van der Waals surface area contributed by atoms with Gasteiger partial charge in [0.15, 0.2) is 0 Å². The van der Waals surface area contributed by atoms with E-state index in [2.05, 4.69) is 15.0 Å². The Morgan fingerprint density at radius 2 is 2.21 bits per heavy atom. The van der Waals surface area contributed by atoms with E-state index in [1.807, 2.05) is 6.07 Å². The van der Waals surface area contributed by atoms with E-state index in [9.17, 15) is 9.18 Å². The summed E-state index contributed by atoms with van der Waals surface area (Å²) < 4.78 is 19.3. The molecule has 2 N–H and O–H groups in total. The molecule has 28 heavy (non-hydrogen) atoms. The number of carbonyl (C=O) groups is 1. The second-order valence-corrected chi connectivity index (χ2v) is 6.88. The SMILES string of the molecule is Cc1cc(C(=O)N2CCC[C@@H]2c2ncc(Cc3cccc(F)c3)o2)nc(N)n1. The van der Waals surface area contributed by atoms with Crippen LogP contribution in [0.15, 0.2) is 40.9 Å². The molecule has 0 unspecified atom stereocenters. The molecule has 0 saturated carbocycles. The number of hydrogen-bond donors (Lipinski definition) is 1. The summed E-state index contributed by atoms with van der Waals surface area (Å²) in [5.74, 6) is 0.680. The molecular weight excluding hydrogens is 361 g/mol. The molecule has 1 fully saturated rings. The van der Waals surface area contributed by atoms with Crippen LogP contribution in [0.2, 0.25) is 0 Å². The highest BCUT2D eigenvalue weighted by atomic mass is 19.1. The van der Waals surface area contributed by atoms with Gasteiger partial charge in [-0.05, 0) is 43.5 Å². The zero-order valence-electron chi connectivity index (χ0n) is 15.4. The summed E-state index contributed by atoms with van der Waals surface area (Å²) in [4.78, 5) is 27.1. The zero-order valence-corrected chi connectivity index (χ0v) is 15.4. The third-order valence-electron chi connectivity index (χ3n) is 4.73. The number of hydrogen-bond acceptors (Lipinski definition) is 6. The number of carbonyl (C=O) groups excluding carboxylic acids is 1. The number of nitrogens with two attached hydrogens (primary N) is 1. The van der Waals surface area contributed by atoms with Gasteiger partial charge >= 0.3 is 0 Å². The predicted octanol–water partition coefficient (Wildman–Crippen LogP) is 3.06. The molecule has 1 aliphatic heterocycles. The number of rotatable bonds is 4. The molecule has 0 spiro atoms. The van der Waals surface area contributed by atoms with Gasteiger partial charge in [-0.3, -0.25) is 4.79 Å². The lowest BCUT2D eigenvalue weighted by Crippen LogP contribution is -2.31. The number of aryl methyl sites for hydroxylation is 1. The van der Waals surface area contributed by atoms with E-state index in [1.54, 1.807) is 30.2 Å². The Hall–Kier alpha value is -3.29. The lowest BCUT2D eigenvalue weighted by atomic mass is 10.1. The molecule has 0 bridgehead atoms. The Morgan fingerprint density at radius 1 is 1.36 bits per heavy atom. The third kappa shape index (κ3) is 3.71. The van der Waals surface area contributed by atoms with E-state index in [0.29, 0.717) is 30.3 Å². The molecule has 2 aromatic heterocycles. The van der Waals surface area contributed by atoms with Gasteiger partial charge in [0.05, 0.1) is 6.20 Å². The summed E-state index contributed by atoms with van der Waals surface area (Å²) in [5.41, 5.74) is 7.38. The van der Waals surface area contributed by atoms with Crippen molar-refractivity contribution >= 4 is 11.9 Å². The van der Waals surface area contributed by atoms with E-state index >= 15 is 0 Å². The number of nitrogens with zero attached hydrogens (tertiary/aromatic N) is 4. The van der Waals surface area contributed by atoms with Gasteiger partial charge in [-0.15, -0.1) is 0 Å². The van der Waals surface area contributed by atoms with Gasteiger partial charge in [0.2, 0.25) is 11.8 Å². The molecule has 1 amide bonds. The van der Waals surface area contributed by atoms with Crippen LogP contribution >= 0.6 is 0 Å². The monoisotopic (exact) mass is 381 g/mol. The van der Waals surface area contributed by atoms with E-state index < -0.39 is 0 Å². The molecule has 1 atom stereocenters. The first-order valence-corrected chi connectivity index (χ1v) is 9.11. The number of oxazole rings is 1. The quantitative estimate of drug-likeness (QED) is 0.746. The standard InChI is InChI=1S/C20H20FN5O2/c1-12-8-16(25-20(22)24-12)19(27)26-7-3-6-17(26)18-23-11-15(28-18)10-13-4-2-5-14(21)9-13/h2,4-5,8-9,11,17H,3,6-7,10H2,1H3,(H2,22,24,25)/t17-/m1/s1. The Morgan fingerprint density at radius 3 is 3.00 bits per heavy atom. The highest BCUT2D eigenvalue weighted by molar-refractivity contribution is 5.93. The molecule has 0 radical (unpaired) electrons. The number of benzene rings is 1. The van der Waals surface area contributed by atoms with Crippen molar-refractivity contribution in [3.05, 3.63) is 70.9 Å². The van der Waals surface area contributed by atoms with Crippen molar-refractivity contribution in [2.24, 2.45) is 0 Å². The number of nitrogen functional groups attached to an aromatic ring is 1. The smallest absolute Gasteiger partial charge is 0.273 e. The van der Waals surface area contributed by atoms with Crippen molar-refractivity contribution in [2.45, 2.75) is 32.2 Å². The van der Waals surface area contributed by atoms with Crippen molar-refractivity contribution in [3.8, 4) is 0 Å². The highest BCUT2D eigenvalue weighted by Gasteiger charge is 2.34. The van der Waals surface area contributed by atoms with Gasteiger partial charge in [0.1, 0.15) is 23.3 Å². The molecule has 1 aromatic carbocycles. The van der Waals surface area contributed by atoms with Crippen molar-refractivity contribution in [2.75, 3.05) is 12.3 Å². The first-order chi connectivity index (χ1) is 13.5. The number of anilines is 1. The maximum Gasteiger partial charge on any atom is 0.273 e. The summed E-state index contributed by atoms with van der Waals surface area (Å²) in [6, 6.07) is 7.73. The van der Waals surface area contributed by atoms with Crippen LogP contribution in [0.5, 0.6) is 0 Å². The van der Waals surface area contributed by atoms with Crippen LogP contribution in [-0.2, 0) is 6.42 Å². The maximum atomic E-state index is 13.4. The van der Waals surface area contributed by atoms with Crippen LogP contribution in [0, 0.1) is 12.7 Å². The molecule has 0 aliphatic carbocycles. The number of halogens is 1. The van der Waals surface area contributed by atoms with Crippen LogP contribution in [-0.4, -0.2) is 32.3 Å². The lowest BCUT2D eigenvalue weighted by Gasteiger charge is -2.22. The molecule has 1 saturated heterocycles. The Balaban J connectivity index is 1.53. The van der Waals surface area contributed by atoms with Crippen LogP contribution in [0.3, 0.4) is 0 Å². The Labute approximate surface area is 161 Å². The maximum absolute atomic E-state index is 13.4. The van der Waals surface area contributed by atoms with Gasteiger partial charge in [-0.25, -0.2) is 19.3 Å². The largest absolute Gasteiger partial charge is 0.443 e. The normalized spacial score (nSPS) is 16.5. The molecule has 3 heterocycles. The first-order valence-electron chi connectivity index (χ1n) is 9.11. The van der Waals surface area contributed by atoms with Crippen LogP contribution in [0.4, 0.5) is 10.3 Å². The highest BCUT2D eigenvalue weighted by Crippen LogP contribution is 2.33. The third-order valence-corrected chi connectivity index (χ3v) is 4.73. The Kier molecular flexibility index (Phi) is 4.77. The second kappa shape index (κ2) is 7.38. The molecule has 3 aromatic rings. The lowest BCUT2D eigenvalue weighted by molar-refractivity contribution is 0.0708. The molecule has 144 valence electrons. The zero-order chi connectivity index (χ0) is 19.7. The molecular formula is C20H20FN5O2. The first kappa shape index (κ1) is 18.1. The van der Waals surface area contributed by atoms with Gasteiger partial charge in [-0.1, -0.05) is 12.1 Å². The summed E-state index contributed by atoms with van der Waals surface area (Å²) in [6.45, 7) is 2.36. The van der Waals surface area contributed by atoms with Gasteiger partial charge in [0, 0.05) is 18.7 Å². The fourth-order valence-electron chi connectivity index (χ4n) is 3.52. The van der Waals surface area contributed by atoms with Gasteiger partial charge < -0.3 is 15.1 Å². The fourth-order valence-corrected chi connectivity index (χ4v) is 3.52. The summed E-state index contributed by atoms with van der Waals surface area (Å²) in [6.07, 6.45) is 3.67. The predicted molar refractivity (Wildman–Crippen MR) is 99.9 cm³/mol.